The van der Waals surface area contributed by atoms with E-state index in [1.807, 2.05) is 30.3 Å². The molecule has 0 aromatic heterocycles. The van der Waals surface area contributed by atoms with E-state index in [9.17, 15) is 19.8 Å². The molecule has 0 spiro atoms. The summed E-state index contributed by atoms with van der Waals surface area (Å²) in [5.74, 6) is -0.318. The number of benzene rings is 2. The van der Waals surface area contributed by atoms with E-state index in [4.69, 9.17) is 11.6 Å². The van der Waals surface area contributed by atoms with E-state index in [1.54, 1.807) is 0 Å². The molecule has 2 atom stereocenters. The van der Waals surface area contributed by atoms with Crippen LogP contribution in [0.25, 0.3) is 11.1 Å². The van der Waals surface area contributed by atoms with Crippen molar-refractivity contribution in [2.45, 2.75) is 44.6 Å². The van der Waals surface area contributed by atoms with Crippen molar-refractivity contribution in [2.24, 2.45) is 5.92 Å². The molecule has 1 aliphatic rings. The monoisotopic (exact) mass is 488 g/mol. The fourth-order valence-electron chi connectivity index (χ4n) is 4.84. The highest BCUT2D eigenvalue weighted by molar-refractivity contribution is 6.33. The zero-order chi connectivity index (χ0) is 24.7. The van der Waals surface area contributed by atoms with Gasteiger partial charge >= 0.3 is 12.2 Å². The highest BCUT2D eigenvalue weighted by Gasteiger charge is 2.43. The second kappa shape index (κ2) is 11.6. The lowest BCUT2D eigenvalue weighted by Gasteiger charge is -2.43. The predicted molar refractivity (Wildman–Crippen MR) is 132 cm³/mol. The van der Waals surface area contributed by atoms with Crippen LogP contribution in [0.1, 0.15) is 43.7 Å². The average molecular weight is 489 g/mol. The molecule has 0 radical (unpaired) electrons. The number of nitrogens with one attached hydrogen (secondary N) is 1. The molecule has 184 valence electrons. The molecule has 1 fully saturated rings. The van der Waals surface area contributed by atoms with Crippen molar-refractivity contribution in [1.29, 1.82) is 0 Å². The Morgan fingerprint density at radius 3 is 2.74 bits per heavy atom. The van der Waals surface area contributed by atoms with E-state index in [0.29, 0.717) is 49.4 Å². The molecular weight excluding hydrogens is 456 g/mol. The van der Waals surface area contributed by atoms with E-state index in [-0.39, 0.29) is 12.5 Å². The first kappa shape index (κ1) is 25.8. The number of alkyl carbamates (subject to hydrolysis) is 1. The Labute approximate surface area is 205 Å². The van der Waals surface area contributed by atoms with Crippen molar-refractivity contribution in [3.63, 3.8) is 0 Å². The van der Waals surface area contributed by atoms with Crippen LogP contribution in [0.3, 0.4) is 0 Å². The van der Waals surface area contributed by atoms with Crippen LogP contribution < -0.4 is 5.32 Å². The number of methoxy groups -OCH3 is 1. The van der Waals surface area contributed by atoms with Crippen LogP contribution in [-0.4, -0.2) is 54.0 Å². The van der Waals surface area contributed by atoms with Crippen molar-refractivity contribution in [3.8, 4) is 11.1 Å². The molecule has 1 aliphatic heterocycles. The van der Waals surface area contributed by atoms with Gasteiger partial charge in [-0.05, 0) is 54.9 Å². The van der Waals surface area contributed by atoms with Crippen molar-refractivity contribution in [2.75, 3.05) is 26.7 Å². The zero-order valence-electron chi connectivity index (χ0n) is 19.7. The number of carbonyl (C=O) groups is 2. The summed E-state index contributed by atoms with van der Waals surface area (Å²) in [6, 6.07) is 13.6. The maximum atomic E-state index is 12.3. The minimum absolute atomic E-state index is 0.233. The number of amides is 2. The summed E-state index contributed by atoms with van der Waals surface area (Å²) < 4.78 is 4.64. The van der Waals surface area contributed by atoms with Gasteiger partial charge in [0.25, 0.3) is 0 Å². The van der Waals surface area contributed by atoms with E-state index in [2.05, 4.69) is 29.1 Å². The Morgan fingerprint density at radius 2 is 2.03 bits per heavy atom. The van der Waals surface area contributed by atoms with Gasteiger partial charge in [-0.3, -0.25) is 0 Å². The first-order valence-corrected chi connectivity index (χ1v) is 12.1. The van der Waals surface area contributed by atoms with E-state index in [0.717, 1.165) is 23.1 Å². The number of aliphatic hydroxyl groups is 1. The minimum Gasteiger partial charge on any atom is -0.465 e. The molecule has 0 saturated carbocycles. The van der Waals surface area contributed by atoms with Gasteiger partial charge in [0.05, 0.1) is 12.7 Å². The summed E-state index contributed by atoms with van der Waals surface area (Å²) in [7, 11) is 1.30. The Kier molecular flexibility index (Phi) is 8.80. The molecule has 1 heterocycles. The molecule has 0 aliphatic carbocycles. The third kappa shape index (κ3) is 5.83. The summed E-state index contributed by atoms with van der Waals surface area (Å²) in [4.78, 5) is 24.6. The summed E-state index contributed by atoms with van der Waals surface area (Å²) >= 11 is 6.72. The predicted octanol–water partition coefficient (Wildman–Crippen LogP) is 5.28. The van der Waals surface area contributed by atoms with Gasteiger partial charge < -0.3 is 25.2 Å². The number of carboxylic acid groups (broad SMARTS) is 1. The molecule has 3 N–H and O–H groups in total. The number of hydrogen-bond acceptors (Lipinski definition) is 4. The van der Waals surface area contributed by atoms with Crippen molar-refractivity contribution >= 4 is 23.8 Å². The Bertz CT molecular complexity index is 1010. The number of hydrogen-bond donors (Lipinski definition) is 3. The molecule has 2 aromatic rings. The van der Waals surface area contributed by atoms with Crippen LogP contribution in [-0.2, 0) is 16.8 Å². The first-order chi connectivity index (χ1) is 16.3. The largest absolute Gasteiger partial charge is 0.465 e. The van der Waals surface area contributed by atoms with E-state index < -0.39 is 17.8 Å². The highest BCUT2D eigenvalue weighted by Crippen LogP contribution is 2.45. The molecule has 0 unspecified atom stereocenters. The maximum absolute atomic E-state index is 12.3. The fraction of sp³-hybridized carbons (Fsp3) is 0.462. The van der Waals surface area contributed by atoms with E-state index >= 15 is 0 Å². The van der Waals surface area contributed by atoms with Crippen LogP contribution in [0.2, 0.25) is 5.02 Å². The number of halogens is 1. The Hall–Kier alpha value is -2.77. The number of aryl methyl sites for hydroxylation is 1. The number of likely N-dealkylation sites (tertiary alicyclic amines) is 1. The second-order valence-corrected chi connectivity index (χ2v) is 9.14. The van der Waals surface area contributed by atoms with E-state index in [1.165, 1.54) is 12.0 Å². The number of carbonyl (C=O) groups excluding carboxylic acids is 1. The molecule has 3 rings (SSSR count). The summed E-state index contributed by atoms with van der Waals surface area (Å²) in [6.45, 7) is 3.09. The van der Waals surface area contributed by atoms with Gasteiger partial charge in [0.15, 0.2) is 0 Å². The quantitative estimate of drug-likeness (QED) is 0.439. The minimum atomic E-state index is -1.34. The highest BCUT2D eigenvalue weighted by atomic mass is 35.5. The molecule has 0 bridgehead atoms. The van der Waals surface area contributed by atoms with Crippen LogP contribution in [0.15, 0.2) is 42.5 Å². The Balaban J connectivity index is 2.04. The maximum Gasteiger partial charge on any atom is 0.407 e. The van der Waals surface area contributed by atoms with Gasteiger partial charge in [0.1, 0.15) is 0 Å². The molecule has 34 heavy (non-hydrogen) atoms. The van der Waals surface area contributed by atoms with Crippen LogP contribution in [0, 0.1) is 5.92 Å². The molecule has 2 aromatic carbocycles. The lowest BCUT2D eigenvalue weighted by Crippen LogP contribution is -2.48. The Morgan fingerprint density at radius 1 is 1.26 bits per heavy atom. The smallest absolute Gasteiger partial charge is 0.407 e. The number of ether oxygens (including phenoxy) is 1. The van der Waals surface area contributed by atoms with Gasteiger partial charge in [0.2, 0.25) is 0 Å². The zero-order valence-corrected chi connectivity index (χ0v) is 20.5. The summed E-state index contributed by atoms with van der Waals surface area (Å²) in [5, 5.41) is 25.1. The van der Waals surface area contributed by atoms with Crippen molar-refractivity contribution in [1.82, 2.24) is 10.2 Å². The molecule has 1 saturated heterocycles. The second-order valence-electron chi connectivity index (χ2n) is 8.73. The third-order valence-electron chi connectivity index (χ3n) is 6.66. The topological polar surface area (TPSA) is 99.1 Å². The number of nitrogens with zero attached hydrogens (tertiary/aromatic N) is 1. The molecular formula is C26H33ClN2O5. The molecule has 8 heteroatoms. The third-order valence-corrected chi connectivity index (χ3v) is 6.98. The van der Waals surface area contributed by atoms with Gasteiger partial charge in [-0.2, -0.15) is 0 Å². The fourth-order valence-corrected chi connectivity index (χ4v) is 5.13. The molecule has 7 nitrogen and oxygen atoms in total. The standard InChI is InChI=1S/C26H33ClN2O5/c1-3-18-8-4-9-19(16-18)23-21(11-5-12-22(23)27)26(33,13-7-14-28-24(30)34-2)20-10-6-15-29(17-20)25(31)32/h4-5,8-9,11-12,16,20,33H,3,6-7,10,13-15,17H2,1-2H3,(H,28,30)(H,31,32)/t20-,26+/m1/s1. The number of rotatable bonds is 8. The normalized spacial score (nSPS) is 17.6. The lowest BCUT2D eigenvalue weighted by atomic mass is 9.72. The lowest BCUT2D eigenvalue weighted by molar-refractivity contribution is -0.0570. The van der Waals surface area contributed by atoms with Crippen LogP contribution in [0.4, 0.5) is 9.59 Å². The van der Waals surface area contributed by atoms with Gasteiger partial charge in [-0.25, -0.2) is 9.59 Å². The average Bonchev–Trinajstić information content (AvgIpc) is 2.86. The first-order valence-electron chi connectivity index (χ1n) is 11.7. The number of piperidine rings is 1. The summed E-state index contributed by atoms with van der Waals surface area (Å²) in [6.07, 6.45) is 1.52. The van der Waals surface area contributed by atoms with Crippen molar-refractivity contribution < 1.29 is 24.5 Å². The van der Waals surface area contributed by atoms with Gasteiger partial charge in [-0.15, -0.1) is 0 Å². The van der Waals surface area contributed by atoms with Crippen LogP contribution in [0.5, 0.6) is 0 Å². The molecule has 2 amide bonds. The van der Waals surface area contributed by atoms with Gasteiger partial charge in [-0.1, -0.05) is 54.9 Å². The van der Waals surface area contributed by atoms with Gasteiger partial charge in [0, 0.05) is 36.1 Å². The summed E-state index contributed by atoms with van der Waals surface area (Å²) in [5.41, 5.74) is 2.17. The SMILES string of the molecule is CCc1cccc(-c2c(Cl)cccc2[C@](O)(CCCNC(=O)OC)[C@@H]2CCCN(C(=O)O)C2)c1. The van der Waals surface area contributed by atoms with Crippen molar-refractivity contribution in [3.05, 3.63) is 58.6 Å². The van der Waals surface area contributed by atoms with Crippen LogP contribution >= 0.6 is 11.6 Å².